The van der Waals surface area contributed by atoms with Crippen molar-refractivity contribution in [3.63, 3.8) is 0 Å². The standard InChI is InChI=1S/C13H26N4O/c1-12(2)11-17(10-6-8-14)9-5-3-4-7-13(18)16-15/h12H,3-7,9-11,15H2,1-2H3,(H,16,18). The quantitative estimate of drug-likeness (QED) is 0.267. The van der Waals surface area contributed by atoms with Gasteiger partial charge in [-0.2, -0.15) is 5.26 Å². The van der Waals surface area contributed by atoms with E-state index in [1.54, 1.807) is 0 Å². The van der Waals surface area contributed by atoms with Gasteiger partial charge >= 0.3 is 0 Å². The van der Waals surface area contributed by atoms with Gasteiger partial charge in [-0.25, -0.2) is 5.84 Å². The van der Waals surface area contributed by atoms with E-state index in [1.165, 1.54) is 0 Å². The van der Waals surface area contributed by atoms with Gasteiger partial charge in [0.15, 0.2) is 0 Å². The van der Waals surface area contributed by atoms with Crippen molar-refractivity contribution in [3.8, 4) is 6.07 Å². The number of nitrogens with zero attached hydrogens (tertiary/aromatic N) is 2. The molecule has 0 saturated heterocycles. The summed E-state index contributed by atoms with van der Waals surface area (Å²) >= 11 is 0. The molecule has 0 aliphatic heterocycles. The molecule has 5 heteroatoms. The molecule has 0 aromatic rings. The van der Waals surface area contributed by atoms with E-state index >= 15 is 0 Å². The summed E-state index contributed by atoms with van der Waals surface area (Å²) in [5, 5.41) is 8.61. The van der Waals surface area contributed by atoms with Crippen molar-refractivity contribution in [3.05, 3.63) is 0 Å². The van der Waals surface area contributed by atoms with E-state index < -0.39 is 0 Å². The molecule has 0 aromatic carbocycles. The van der Waals surface area contributed by atoms with Crippen molar-refractivity contribution in [1.82, 2.24) is 10.3 Å². The van der Waals surface area contributed by atoms with Crippen molar-refractivity contribution in [2.75, 3.05) is 19.6 Å². The number of rotatable bonds is 10. The van der Waals surface area contributed by atoms with E-state index in [0.717, 1.165) is 38.9 Å². The number of carbonyl (C=O) groups is 1. The molecule has 1 amide bonds. The third kappa shape index (κ3) is 10.1. The van der Waals surface area contributed by atoms with Gasteiger partial charge in [0.25, 0.3) is 0 Å². The molecule has 0 aliphatic rings. The average Bonchev–Trinajstić information content (AvgIpc) is 2.34. The van der Waals surface area contributed by atoms with Crippen LogP contribution >= 0.6 is 0 Å². The summed E-state index contributed by atoms with van der Waals surface area (Å²) in [6.45, 7) is 7.25. The third-order valence-electron chi connectivity index (χ3n) is 2.70. The topological polar surface area (TPSA) is 82.2 Å². The fourth-order valence-corrected chi connectivity index (χ4v) is 1.89. The molecule has 18 heavy (non-hydrogen) atoms. The molecule has 0 heterocycles. The van der Waals surface area contributed by atoms with Gasteiger partial charge in [0.2, 0.25) is 5.91 Å². The smallest absolute Gasteiger partial charge is 0.233 e. The predicted octanol–water partition coefficient (Wildman–Crippen LogP) is 1.41. The summed E-state index contributed by atoms with van der Waals surface area (Å²) in [7, 11) is 0. The zero-order valence-corrected chi connectivity index (χ0v) is 11.6. The van der Waals surface area contributed by atoms with Crippen LogP contribution in [0.15, 0.2) is 0 Å². The first-order chi connectivity index (χ1) is 8.60. The van der Waals surface area contributed by atoms with E-state index in [-0.39, 0.29) is 5.91 Å². The lowest BCUT2D eigenvalue weighted by atomic mass is 10.1. The van der Waals surface area contributed by atoms with Crippen LogP contribution in [0.25, 0.3) is 0 Å². The van der Waals surface area contributed by atoms with E-state index in [0.29, 0.717) is 18.8 Å². The molecule has 0 rings (SSSR count). The normalized spacial score (nSPS) is 10.7. The minimum atomic E-state index is -0.0986. The second kappa shape index (κ2) is 11.0. The highest BCUT2D eigenvalue weighted by Gasteiger charge is 2.06. The maximum atomic E-state index is 10.9. The monoisotopic (exact) mass is 254 g/mol. The van der Waals surface area contributed by atoms with Crippen LogP contribution in [0.2, 0.25) is 0 Å². The molecular weight excluding hydrogens is 228 g/mol. The number of nitrogens with one attached hydrogen (secondary N) is 1. The molecule has 0 saturated carbocycles. The fraction of sp³-hybridized carbons (Fsp3) is 0.846. The summed E-state index contributed by atoms with van der Waals surface area (Å²) in [5.74, 6) is 5.53. The first kappa shape index (κ1) is 16.9. The molecule has 0 fully saturated rings. The molecule has 0 aliphatic carbocycles. The number of amides is 1. The number of hydrogen-bond acceptors (Lipinski definition) is 4. The third-order valence-corrected chi connectivity index (χ3v) is 2.70. The number of carbonyl (C=O) groups excluding carboxylic acids is 1. The highest BCUT2D eigenvalue weighted by atomic mass is 16.2. The molecule has 0 atom stereocenters. The lowest BCUT2D eigenvalue weighted by Gasteiger charge is -2.23. The van der Waals surface area contributed by atoms with Gasteiger partial charge in [-0.15, -0.1) is 0 Å². The van der Waals surface area contributed by atoms with Crippen molar-refractivity contribution in [1.29, 1.82) is 5.26 Å². The summed E-state index contributed by atoms with van der Waals surface area (Å²) < 4.78 is 0. The van der Waals surface area contributed by atoms with E-state index in [4.69, 9.17) is 11.1 Å². The average molecular weight is 254 g/mol. The largest absolute Gasteiger partial charge is 0.302 e. The zero-order valence-electron chi connectivity index (χ0n) is 11.6. The van der Waals surface area contributed by atoms with Crippen molar-refractivity contribution in [2.45, 2.75) is 46.0 Å². The van der Waals surface area contributed by atoms with Crippen LogP contribution in [-0.2, 0) is 4.79 Å². The van der Waals surface area contributed by atoms with Crippen molar-refractivity contribution >= 4 is 5.91 Å². The Morgan fingerprint density at radius 1 is 1.33 bits per heavy atom. The zero-order chi connectivity index (χ0) is 13.8. The Kier molecular flexibility index (Phi) is 10.3. The summed E-state index contributed by atoms with van der Waals surface area (Å²) in [6, 6.07) is 2.19. The Hall–Kier alpha value is -1.12. The second-order valence-electron chi connectivity index (χ2n) is 4.98. The summed E-state index contributed by atoms with van der Waals surface area (Å²) in [4.78, 5) is 13.2. The van der Waals surface area contributed by atoms with Crippen LogP contribution in [-0.4, -0.2) is 30.4 Å². The lowest BCUT2D eigenvalue weighted by Crippen LogP contribution is -2.30. The van der Waals surface area contributed by atoms with Crippen LogP contribution < -0.4 is 11.3 Å². The van der Waals surface area contributed by atoms with E-state index in [1.807, 2.05) is 0 Å². The Bertz CT molecular complexity index is 260. The maximum Gasteiger partial charge on any atom is 0.233 e. The number of hydrogen-bond donors (Lipinski definition) is 2. The minimum Gasteiger partial charge on any atom is -0.302 e. The highest BCUT2D eigenvalue weighted by Crippen LogP contribution is 2.05. The lowest BCUT2D eigenvalue weighted by molar-refractivity contribution is -0.121. The van der Waals surface area contributed by atoms with Gasteiger partial charge in [-0.05, 0) is 25.3 Å². The molecule has 104 valence electrons. The van der Waals surface area contributed by atoms with Crippen LogP contribution in [0.1, 0.15) is 46.0 Å². The maximum absolute atomic E-state index is 10.9. The Balaban J connectivity index is 3.68. The van der Waals surface area contributed by atoms with Gasteiger partial charge in [0, 0.05) is 25.9 Å². The van der Waals surface area contributed by atoms with Crippen LogP contribution in [0.3, 0.4) is 0 Å². The molecule has 0 aromatic heterocycles. The first-order valence-electron chi connectivity index (χ1n) is 6.69. The van der Waals surface area contributed by atoms with Gasteiger partial charge in [0.05, 0.1) is 6.07 Å². The Morgan fingerprint density at radius 2 is 2.06 bits per heavy atom. The SMILES string of the molecule is CC(C)CN(CCC#N)CCCCCC(=O)NN. The van der Waals surface area contributed by atoms with Gasteiger partial charge in [0.1, 0.15) is 0 Å². The Morgan fingerprint density at radius 3 is 2.61 bits per heavy atom. The van der Waals surface area contributed by atoms with Crippen LogP contribution in [0.5, 0.6) is 0 Å². The van der Waals surface area contributed by atoms with Gasteiger partial charge in [-0.1, -0.05) is 20.3 Å². The molecule has 3 N–H and O–H groups in total. The highest BCUT2D eigenvalue weighted by molar-refractivity contribution is 5.74. The van der Waals surface area contributed by atoms with Crippen LogP contribution in [0, 0.1) is 17.2 Å². The molecule has 0 spiro atoms. The number of nitriles is 1. The number of nitrogens with two attached hydrogens (primary N) is 1. The predicted molar refractivity (Wildman–Crippen MR) is 72.3 cm³/mol. The molecule has 0 bridgehead atoms. The van der Waals surface area contributed by atoms with Crippen molar-refractivity contribution < 1.29 is 4.79 Å². The number of unbranched alkanes of at least 4 members (excludes halogenated alkanes) is 2. The van der Waals surface area contributed by atoms with E-state index in [9.17, 15) is 4.79 Å². The van der Waals surface area contributed by atoms with Gasteiger partial charge in [-0.3, -0.25) is 10.2 Å². The Labute approximate surface area is 110 Å². The second-order valence-corrected chi connectivity index (χ2v) is 4.98. The van der Waals surface area contributed by atoms with E-state index in [2.05, 4.69) is 30.2 Å². The summed E-state index contributed by atoms with van der Waals surface area (Å²) in [5.41, 5.74) is 2.13. The first-order valence-corrected chi connectivity index (χ1v) is 6.69. The molecule has 0 radical (unpaired) electrons. The molecule has 0 unspecified atom stereocenters. The minimum absolute atomic E-state index is 0.0986. The van der Waals surface area contributed by atoms with Gasteiger partial charge < -0.3 is 4.90 Å². The fourth-order valence-electron chi connectivity index (χ4n) is 1.89. The van der Waals surface area contributed by atoms with Crippen molar-refractivity contribution in [2.24, 2.45) is 11.8 Å². The molecular formula is C13H26N4O. The summed E-state index contributed by atoms with van der Waals surface area (Å²) in [6.07, 6.45) is 4.04. The number of hydrazine groups is 1. The molecule has 5 nitrogen and oxygen atoms in total. The van der Waals surface area contributed by atoms with Crippen LogP contribution in [0.4, 0.5) is 0 Å².